The summed E-state index contributed by atoms with van der Waals surface area (Å²) >= 11 is 0. The molecule has 3 heteroatoms. The Morgan fingerprint density at radius 1 is 1.36 bits per heavy atom. The van der Waals surface area contributed by atoms with Gasteiger partial charge in [0.1, 0.15) is 0 Å². The van der Waals surface area contributed by atoms with Gasteiger partial charge in [-0.3, -0.25) is 9.69 Å². The van der Waals surface area contributed by atoms with Crippen molar-refractivity contribution in [1.82, 2.24) is 4.90 Å². The average molecular weight is 199 g/mol. The summed E-state index contributed by atoms with van der Waals surface area (Å²) in [6.07, 6.45) is 2.42. The second-order valence-electron chi connectivity index (χ2n) is 4.81. The second kappa shape index (κ2) is 4.78. The molecule has 1 fully saturated rings. The Hall–Kier alpha value is -0.570. The van der Waals surface area contributed by atoms with Crippen LogP contribution in [0.2, 0.25) is 0 Å². The first-order chi connectivity index (χ1) is 6.50. The highest BCUT2D eigenvalue weighted by atomic mass is 16.4. The third kappa shape index (κ3) is 2.98. The SMILES string of the molecule is CC(C)CCC(C)N1CC(C(=O)O)C1. The number of nitrogens with zero attached hydrogens (tertiary/aromatic N) is 1. The van der Waals surface area contributed by atoms with Crippen LogP contribution in [0.3, 0.4) is 0 Å². The van der Waals surface area contributed by atoms with Crippen molar-refractivity contribution in [3.63, 3.8) is 0 Å². The summed E-state index contributed by atoms with van der Waals surface area (Å²) < 4.78 is 0. The zero-order valence-corrected chi connectivity index (χ0v) is 9.36. The fraction of sp³-hybridized carbons (Fsp3) is 0.909. The maximum Gasteiger partial charge on any atom is 0.309 e. The summed E-state index contributed by atoms with van der Waals surface area (Å²) in [4.78, 5) is 12.9. The minimum atomic E-state index is -0.641. The normalized spacial score (nSPS) is 20.9. The zero-order valence-electron chi connectivity index (χ0n) is 9.36. The second-order valence-corrected chi connectivity index (χ2v) is 4.81. The fourth-order valence-corrected chi connectivity index (χ4v) is 1.79. The first-order valence-electron chi connectivity index (χ1n) is 5.47. The van der Waals surface area contributed by atoms with Gasteiger partial charge >= 0.3 is 5.97 Å². The summed E-state index contributed by atoms with van der Waals surface area (Å²) in [6, 6.07) is 0.549. The lowest BCUT2D eigenvalue weighted by atomic mass is 9.95. The van der Waals surface area contributed by atoms with E-state index >= 15 is 0 Å². The molecule has 1 heterocycles. The summed E-state index contributed by atoms with van der Waals surface area (Å²) in [5.74, 6) is -0.0113. The molecule has 1 atom stereocenters. The third-order valence-corrected chi connectivity index (χ3v) is 3.04. The van der Waals surface area contributed by atoms with E-state index in [2.05, 4.69) is 25.7 Å². The molecule has 1 saturated heterocycles. The van der Waals surface area contributed by atoms with Crippen LogP contribution in [-0.4, -0.2) is 35.1 Å². The number of aliphatic carboxylic acids is 1. The molecule has 1 N–H and O–H groups in total. The third-order valence-electron chi connectivity index (χ3n) is 3.04. The number of hydrogen-bond donors (Lipinski definition) is 1. The van der Waals surface area contributed by atoms with Crippen molar-refractivity contribution in [2.45, 2.75) is 39.7 Å². The van der Waals surface area contributed by atoms with Crippen molar-refractivity contribution >= 4 is 5.97 Å². The van der Waals surface area contributed by atoms with E-state index < -0.39 is 5.97 Å². The standard InChI is InChI=1S/C11H21NO2/c1-8(2)4-5-9(3)12-6-10(7-12)11(13)14/h8-10H,4-7H2,1-3H3,(H,13,14). The molecule has 1 rings (SSSR count). The van der Waals surface area contributed by atoms with E-state index in [1.165, 1.54) is 12.8 Å². The van der Waals surface area contributed by atoms with Crippen LogP contribution in [0.15, 0.2) is 0 Å². The van der Waals surface area contributed by atoms with Gasteiger partial charge in [-0.25, -0.2) is 0 Å². The van der Waals surface area contributed by atoms with E-state index in [4.69, 9.17) is 5.11 Å². The van der Waals surface area contributed by atoms with Gasteiger partial charge in [0.15, 0.2) is 0 Å². The Morgan fingerprint density at radius 3 is 2.36 bits per heavy atom. The molecule has 1 unspecified atom stereocenters. The monoisotopic (exact) mass is 199 g/mol. The van der Waals surface area contributed by atoms with Crippen LogP contribution < -0.4 is 0 Å². The van der Waals surface area contributed by atoms with Crippen molar-refractivity contribution < 1.29 is 9.90 Å². The quantitative estimate of drug-likeness (QED) is 0.734. The van der Waals surface area contributed by atoms with Crippen molar-refractivity contribution in [3.05, 3.63) is 0 Å². The van der Waals surface area contributed by atoms with Gasteiger partial charge in [0.25, 0.3) is 0 Å². The molecule has 0 amide bonds. The molecule has 0 radical (unpaired) electrons. The van der Waals surface area contributed by atoms with Crippen LogP contribution in [0.5, 0.6) is 0 Å². The average Bonchev–Trinajstić information content (AvgIpc) is 1.97. The van der Waals surface area contributed by atoms with Crippen LogP contribution in [-0.2, 0) is 4.79 Å². The van der Waals surface area contributed by atoms with Gasteiger partial charge in [0.2, 0.25) is 0 Å². The fourth-order valence-electron chi connectivity index (χ4n) is 1.79. The molecule has 1 aliphatic heterocycles. The molecule has 0 aliphatic carbocycles. The molecule has 0 saturated carbocycles. The summed E-state index contributed by atoms with van der Waals surface area (Å²) in [5, 5.41) is 8.72. The minimum absolute atomic E-state index is 0.114. The predicted octanol–water partition coefficient (Wildman–Crippen LogP) is 1.83. The van der Waals surface area contributed by atoms with Crippen LogP contribution in [0.1, 0.15) is 33.6 Å². The highest BCUT2D eigenvalue weighted by molar-refractivity contribution is 5.71. The topological polar surface area (TPSA) is 40.5 Å². The lowest BCUT2D eigenvalue weighted by Crippen LogP contribution is -2.54. The van der Waals surface area contributed by atoms with Gasteiger partial charge in [0, 0.05) is 19.1 Å². The molecule has 14 heavy (non-hydrogen) atoms. The minimum Gasteiger partial charge on any atom is -0.481 e. The highest BCUT2D eigenvalue weighted by Gasteiger charge is 2.34. The number of rotatable bonds is 5. The van der Waals surface area contributed by atoms with E-state index in [1.54, 1.807) is 0 Å². The van der Waals surface area contributed by atoms with Gasteiger partial charge in [-0.15, -0.1) is 0 Å². The first-order valence-corrected chi connectivity index (χ1v) is 5.47. The molecular formula is C11H21NO2. The Kier molecular flexibility index (Phi) is 3.93. The van der Waals surface area contributed by atoms with Crippen LogP contribution in [0.25, 0.3) is 0 Å². The summed E-state index contributed by atoms with van der Waals surface area (Å²) in [6.45, 7) is 8.13. The zero-order chi connectivity index (χ0) is 10.7. The lowest BCUT2D eigenvalue weighted by Gasteiger charge is -2.41. The Balaban J connectivity index is 2.16. The van der Waals surface area contributed by atoms with Crippen molar-refractivity contribution in [2.24, 2.45) is 11.8 Å². The molecule has 0 aromatic carbocycles. The highest BCUT2D eigenvalue weighted by Crippen LogP contribution is 2.21. The predicted molar refractivity (Wildman–Crippen MR) is 56.2 cm³/mol. The smallest absolute Gasteiger partial charge is 0.309 e. The van der Waals surface area contributed by atoms with Gasteiger partial charge in [0.05, 0.1) is 5.92 Å². The van der Waals surface area contributed by atoms with Crippen molar-refractivity contribution in [2.75, 3.05) is 13.1 Å². The van der Waals surface area contributed by atoms with Crippen LogP contribution >= 0.6 is 0 Å². The molecule has 3 nitrogen and oxygen atoms in total. The number of hydrogen-bond acceptors (Lipinski definition) is 2. The van der Waals surface area contributed by atoms with E-state index in [1.807, 2.05) is 0 Å². The van der Waals surface area contributed by atoms with E-state index in [0.717, 1.165) is 19.0 Å². The summed E-state index contributed by atoms with van der Waals surface area (Å²) in [5.41, 5.74) is 0. The van der Waals surface area contributed by atoms with Crippen LogP contribution in [0, 0.1) is 11.8 Å². The largest absolute Gasteiger partial charge is 0.481 e. The van der Waals surface area contributed by atoms with E-state index in [-0.39, 0.29) is 5.92 Å². The molecule has 0 aromatic rings. The molecule has 0 bridgehead atoms. The summed E-state index contributed by atoms with van der Waals surface area (Å²) in [7, 11) is 0. The van der Waals surface area contributed by atoms with Gasteiger partial charge in [-0.1, -0.05) is 13.8 Å². The molecule has 1 aliphatic rings. The lowest BCUT2D eigenvalue weighted by molar-refractivity contribution is -0.148. The molecular weight excluding hydrogens is 178 g/mol. The maximum atomic E-state index is 10.6. The van der Waals surface area contributed by atoms with Gasteiger partial charge in [-0.05, 0) is 25.7 Å². The Labute approximate surface area is 86.1 Å². The maximum absolute atomic E-state index is 10.6. The van der Waals surface area contributed by atoms with E-state index in [9.17, 15) is 4.79 Å². The number of carboxylic acid groups (broad SMARTS) is 1. The van der Waals surface area contributed by atoms with E-state index in [0.29, 0.717) is 6.04 Å². The number of carboxylic acids is 1. The van der Waals surface area contributed by atoms with Crippen molar-refractivity contribution in [1.29, 1.82) is 0 Å². The van der Waals surface area contributed by atoms with Crippen molar-refractivity contribution in [3.8, 4) is 0 Å². The molecule has 0 aromatic heterocycles. The Bertz CT molecular complexity index is 197. The number of likely N-dealkylation sites (tertiary alicyclic amines) is 1. The number of carbonyl (C=O) groups is 1. The first kappa shape index (κ1) is 11.5. The van der Waals surface area contributed by atoms with Crippen LogP contribution in [0.4, 0.5) is 0 Å². The molecule has 82 valence electrons. The Morgan fingerprint density at radius 2 is 1.93 bits per heavy atom. The van der Waals surface area contributed by atoms with Gasteiger partial charge in [-0.2, -0.15) is 0 Å². The molecule has 0 spiro atoms. The van der Waals surface area contributed by atoms with Gasteiger partial charge < -0.3 is 5.11 Å².